The molecule has 0 radical (unpaired) electrons. The van der Waals surface area contributed by atoms with Crippen molar-refractivity contribution in [3.63, 3.8) is 0 Å². The van der Waals surface area contributed by atoms with Gasteiger partial charge in [-0.2, -0.15) is 0 Å². The fourth-order valence-corrected chi connectivity index (χ4v) is 4.21. The van der Waals surface area contributed by atoms with Crippen molar-refractivity contribution in [2.75, 3.05) is 16.3 Å². The lowest BCUT2D eigenvalue weighted by Crippen LogP contribution is -2.61. The van der Waals surface area contributed by atoms with Crippen LogP contribution in [0.15, 0.2) is 88.9 Å². The van der Waals surface area contributed by atoms with Gasteiger partial charge in [0.25, 0.3) is 5.91 Å². The number of benzene rings is 3. The second-order valence-corrected chi connectivity index (χ2v) is 8.57. The molecule has 1 aliphatic rings. The first-order valence-electron chi connectivity index (χ1n) is 10.1. The number of aryl methyl sites for hydroxylation is 1. The van der Waals surface area contributed by atoms with Crippen molar-refractivity contribution < 1.29 is 9.59 Å². The summed E-state index contributed by atoms with van der Waals surface area (Å²) in [7, 11) is 0. The maximum atomic E-state index is 13.8. The summed E-state index contributed by atoms with van der Waals surface area (Å²) >= 11 is 3.44. The number of hydrogen-bond acceptors (Lipinski definition) is 2. The van der Waals surface area contributed by atoms with Crippen molar-refractivity contribution in [1.29, 1.82) is 0 Å². The highest BCUT2D eigenvalue weighted by Crippen LogP contribution is 2.31. The fraction of sp³-hybridized carbons (Fsp3) is 0.154. The molecule has 0 N–H and O–H groups in total. The molecular weight excluding hydrogens is 452 g/mol. The Morgan fingerprint density at radius 3 is 2.26 bits per heavy atom. The second-order valence-electron chi connectivity index (χ2n) is 7.65. The van der Waals surface area contributed by atoms with E-state index < -0.39 is 6.04 Å². The van der Waals surface area contributed by atoms with E-state index in [2.05, 4.69) is 15.9 Å². The van der Waals surface area contributed by atoms with E-state index in [4.69, 9.17) is 0 Å². The average Bonchev–Trinajstić information content (AvgIpc) is 2.77. The average molecular weight is 475 g/mol. The molecule has 1 aliphatic heterocycles. The maximum absolute atomic E-state index is 13.8. The lowest BCUT2D eigenvalue weighted by atomic mass is 9.98. The number of rotatable bonds is 4. The van der Waals surface area contributed by atoms with Crippen LogP contribution in [0.5, 0.6) is 0 Å². The lowest BCUT2D eigenvalue weighted by molar-refractivity contribution is -0.127. The molecule has 0 spiro atoms. The van der Waals surface area contributed by atoms with Gasteiger partial charge in [0.05, 0.1) is 0 Å². The minimum Gasteiger partial charge on any atom is -0.301 e. The number of carbonyl (C=O) groups is 2. The third-order valence-corrected chi connectivity index (χ3v) is 5.99. The van der Waals surface area contributed by atoms with Crippen molar-refractivity contribution >= 4 is 45.2 Å². The van der Waals surface area contributed by atoms with Crippen LogP contribution < -0.4 is 9.80 Å². The van der Waals surface area contributed by atoms with Crippen molar-refractivity contribution in [2.45, 2.75) is 19.9 Å². The van der Waals surface area contributed by atoms with Crippen LogP contribution in [0, 0.1) is 6.92 Å². The smallest absolute Gasteiger partial charge is 0.254 e. The number of anilines is 2. The SMILES string of the molecule is C/C(=C/c1ccccc1)[C@H]1C(=O)N(c2ccccc2C)CC(=O)N1c1ccc(Br)cc1. The summed E-state index contributed by atoms with van der Waals surface area (Å²) in [6, 6.07) is 24.3. The summed E-state index contributed by atoms with van der Waals surface area (Å²) < 4.78 is 0.918. The number of piperazine rings is 1. The van der Waals surface area contributed by atoms with Gasteiger partial charge in [0, 0.05) is 15.8 Å². The van der Waals surface area contributed by atoms with Crippen LogP contribution in [-0.4, -0.2) is 24.4 Å². The van der Waals surface area contributed by atoms with Crippen molar-refractivity contribution in [1.82, 2.24) is 0 Å². The topological polar surface area (TPSA) is 40.6 Å². The molecule has 4 rings (SSSR count). The van der Waals surface area contributed by atoms with E-state index in [-0.39, 0.29) is 18.4 Å². The minimum absolute atomic E-state index is 0.00880. The van der Waals surface area contributed by atoms with Crippen molar-refractivity contribution in [2.24, 2.45) is 0 Å². The number of nitrogens with zero attached hydrogens (tertiary/aromatic N) is 2. The fourth-order valence-electron chi connectivity index (χ4n) is 3.95. The number of carbonyl (C=O) groups excluding carboxylic acids is 2. The highest BCUT2D eigenvalue weighted by Gasteiger charge is 2.42. The van der Waals surface area contributed by atoms with Crippen LogP contribution in [-0.2, 0) is 9.59 Å². The highest BCUT2D eigenvalue weighted by atomic mass is 79.9. The van der Waals surface area contributed by atoms with Gasteiger partial charge in [-0.15, -0.1) is 0 Å². The van der Waals surface area contributed by atoms with E-state index in [0.717, 1.165) is 26.9 Å². The molecule has 0 saturated carbocycles. The summed E-state index contributed by atoms with van der Waals surface area (Å²) in [5.74, 6) is -0.225. The molecule has 5 heteroatoms. The summed E-state index contributed by atoms with van der Waals surface area (Å²) in [6.07, 6.45) is 1.98. The van der Waals surface area contributed by atoms with Gasteiger partial charge < -0.3 is 4.90 Å². The Hall–Kier alpha value is -3.18. The standard InChI is InChI=1S/C26H23BrN2O2/c1-18-8-6-7-11-23(18)28-17-24(30)29(22-14-12-21(27)13-15-22)25(26(28)31)19(2)16-20-9-4-3-5-10-20/h3-16,25H,17H2,1-2H3/b19-16-/t25-/m0/s1. The number of para-hydroxylation sites is 1. The lowest BCUT2D eigenvalue weighted by Gasteiger charge is -2.41. The molecule has 4 nitrogen and oxygen atoms in total. The van der Waals surface area contributed by atoms with Gasteiger partial charge in [-0.3, -0.25) is 14.5 Å². The summed E-state index contributed by atoms with van der Waals surface area (Å²) in [5, 5.41) is 0. The summed E-state index contributed by atoms with van der Waals surface area (Å²) in [6.45, 7) is 3.88. The van der Waals surface area contributed by atoms with E-state index in [0.29, 0.717) is 5.69 Å². The van der Waals surface area contributed by atoms with E-state index in [1.807, 2.05) is 98.8 Å². The molecule has 0 aliphatic carbocycles. The van der Waals surface area contributed by atoms with Gasteiger partial charge in [-0.1, -0.05) is 70.5 Å². The zero-order valence-electron chi connectivity index (χ0n) is 17.5. The van der Waals surface area contributed by atoms with E-state index >= 15 is 0 Å². The molecule has 31 heavy (non-hydrogen) atoms. The van der Waals surface area contributed by atoms with Crippen LogP contribution in [0.3, 0.4) is 0 Å². The molecule has 1 saturated heterocycles. The van der Waals surface area contributed by atoms with Crippen molar-refractivity contribution in [3.05, 3.63) is 100 Å². The van der Waals surface area contributed by atoms with Gasteiger partial charge in [0.2, 0.25) is 5.91 Å². The monoisotopic (exact) mass is 474 g/mol. The zero-order chi connectivity index (χ0) is 22.0. The van der Waals surface area contributed by atoms with E-state index in [9.17, 15) is 9.59 Å². The number of halogens is 1. The molecule has 0 bridgehead atoms. The van der Waals surface area contributed by atoms with Gasteiger partial charge in [0.1, 0.15) is 12.6 Å². The van der Waals surface area contributed by atoms with Crippen LogP contribution in [0.4, 0.5) is 11.4 Å². The maximum Gasteiger partial charge on any atom is 0.254 e. The molecular formula is C26H23BrN2O2. The molecule has 1 atom stereocenters. The predicted octanol–water partition coefficient (Wildman–Crippen LogP) is 5.61. The second kappa shape index (κ2) is 8.90. The van der Waals surface area contributed by atoms with Crippen LogP contribution in [0.1, 0.15) is 18.1 Å². The third kappa shape index (κ3) is 4.32. The minimum atomic E-state index is -0.720. The Morgan fingerprint density at radius 2 is 1.58 bits per heavy atom. The van der Waals surface area contributed by atoms with Crippen LogP contribution in [0.25, 0.3) is 6.08 Å². The van der Waals surface area contributed by atoms with E-state index in [1.165, 1.54) is 0 Å². The molecule has 0 aromatic heterocycles. The van der Waals surface area contributed by atoms with Crippen LogP contribution >= 0.6 is 15.9 Å². The molecule has 2 amide bonds. The molecule has 1 fully saturated rings. The van der Waals surface area contributed by atoms with E-state index in [1.54, 1.807) is 9.80 Å². The zero-order valence-corrected chi connectivity index (χ0v) is 19.0. The highest BCUT2D eigenvalue weighted by molar-refractivity contribution is 9.10. The molecule has 3 aromatic rings. The Bertz CT molecular complexity index is 1140. The van der Waals surface area contributed by atoms with Gasteiger partial charge in [-0.05, 0) is 60.9 Å². The number of amides is 2. The van der Waals surface area contributed by atoms with Gasteiger partial charge >= 0.3 is 0 Å². The van der Waals surface area contributed by atoms with Gasteiger partial charge in [0.15, 0.2) is 0 Å². The predicted molar refractivity (Wildman–Crippen MR) is 129 cm³/mol. The van der Waals surface area contributed by atoms with Crippen molar-refractivity contribution in [3.8, 4) is 0 Å². The molecule has 1 heterocycles. The normalized spacial score (nSPS) is 17.3. The molecule has 156 valence electrons. The Labute approximate surface area is 190 Å². The quantitative estimate of drug-likeness (QED) is 0.492. The van der Waals surface area contributed by atoms with Gasteiger partial charge in [-0.25, -0.2) is 0 Å². The molecule has 0 unspecified atom stereocenters. The Kier molecular flexibility index (Phi) is 6.05. The summed E-state index contributed by atoms with van der Waals surface area (Å²) in [4.78, 5) is 30.4. The first-order valence-corrected chi connectivity index (χ1v) is 10.9. The number of hydrogen-bond donors (Lipinski definition) is 0. The first-order chi connectivity index (χ1) is 15.0. The summed E-state index contributed by atoms with van der Waals surface area (Å²) in [5.41, 5.74) is 4.24. The Morgan fingerprint density at radius 1 is 0.935 bits per heavy atom. The Balaban J connectivity index is 1.81. The van der Waals surface area contributed by atoms with Crippen LogP contribution in [0.2, 0.25) is 0 Å². The first kappa shape index (κ1) is 21.1. The largest absolute Gasteiger partial charge is 0.301 e. The molecule has 3 aromatic carbocycles. The third-order valence-electron chi connectivity index (χ3n) is 5.46.